The van der Waals surface area contributed by atoms with Crippen molar-refractivity contribution in [3.05, 3.63) is 47.2 Å². The van der Waals surface area contributed by atoms with Crippen molar-refractivity contribution in [2.75, 3.05) is 13.1 Å². The van der Waals surface area contributed by atoms with Crippen LogP contribution in [0.4, 0.5) is 0 Å². The average molecular weight is 362 g/mol. The van der Waals surface area contributed by atoms with Crippen LogP contribution in [0.5, 0.6) is 0 Å². The molecule has 0 N–H and O–H groups in total. The van der Waals surface area contributed by atoms with Crippen molar-refractivity contribution in [3.8, 4) is 11.3 Å². The van der Waals surface area contributed by atoms with E-state index >= 15 is 0 Å². The highest BCUT2D eigenvalue weighted by molar-refractivity contribution is 6.07. The number of piperidine rings is 1. The van der Waals surface area contributed by atoms with Gasteiger partial charge in [0, 0.05) is 25.7 Å². The minimum Gasteiger partial charge on any atom is -0.339 e. The highest BCUT2D eigenvalue weighted by Gasteiger charge is 2.25. The molecule has 1 aliphatic rings. The second-order valence-electron chi connectivity index (χ2n) is 7.80. The number of benzene rings is 1. The molecule has 27 heavy (non-hydrogen) atoms. The molecule has 1 amide bonds. The summed E-state index contributed by atoms with van der Waals surface area (Å²) in [5.41, 5.74) is 5.37. The Balaban J connectivity index is 1.85. The van der Waals surface area contributed by atoms with E-state index in [0.29, 0.717) is 5.92 Å². The molecule has 0 bridgehead atoms. The van der Waals surface area contributed by atoms with Crippen LogP contribution in [-0.4, -0.2) is 38.7 Å². The maximum atomic E-state index is 13.4. The molecule has 1 aliphatic heterocycles. The first-order valence-electron chi connectivity index (χ1n) is 9.64. The molecule has 0 unspecified atom stereocenters. The molecule has 1 aromatic carbocycles. The number of carbonyl (C=O) groups is 1. The monoisotopic (exact) mass is 362 g/mol. The van der Waals surface area contributed by atoms with Gasteiger partial charge in [-0.25, -0.2) is 4.98 Å². The molecule has 140 valence electrons. The topological polar surface area (TPSA) is 51.0 Å². The van der Waals surface area contributed by atoms with Crippen LogP contribution in [-0.2, 0) is 7.05 Å². The van der Waals surface area contributed by atoms with E-state index in [2.05, 4.69) is 43.2 Å². The lowest BCUT2D eigenvalue weighted by Crippen LogP contribution is -2.38. The van der Waals surface area contributed by atoms with E-state index in [1.807, 2.05) is 24.9 Å². The number of fused-ring (bicyclic) bond motifs is 1. The van der Waals surface area contributed by atoms with Gasteiger partial charge in [0.1, 0.15) is 0 Å². The van der Waals surface area contributed by atoms with Crippen molar-refractivity contribution in [2.24, 2.45) is 13.0 Å². The van der Waals surface area contributed by atoms with Crippen LogP contribution in [0.15, 0.2) is 30.3 Å². The van der Waals surface area contributed by atoms with Crippen molar-refractivity contribution < 1.29 is 4.79 Å². The van der Waals surface area contributed by atoms with Gasteiger partial charge >= 0.3 is 0 Å². The standard InChI is InChI=1S/C22H26N4O/c1-14-5-7-17(8-6-14)19-13-18(20-16(3)24-25(4)21(20)23-19)22(27)26-11-9-15(2)10-12-26/h5-8,13,15H,9-12H2,1-4H3. The number of hydrogen-bond donors (Lipinski definition) is 0. The summed E-state index contributed by atoms with van der Waals surface area (Å²) in [6.45, 7) is 7.92. The lowest BCUT2D eigenvalue weighted by molar-refractivity contribution is 0.0699. The van der Waals surface area contributed by atoms with E-state index in [1.165, 1.54) is 5.56 Å². The van der Waals surface area contributed by atoms with Crippen LogP contribution in [0.2, 0.25) is 0 Å². The molecule has 2 aromatic heterocycles. The number of rotatable bonds is 2. The van der Waals surface area contributed by atoms with E-state index in [-0.39, 0.29) is 5.91 Å². The number of nitrogens with zero attached hydrogens (tertiary/aromatic N) is 4. The van der Waals surface area contributed by atoms with E-state index in [9.17, 15) is 4.79 Å². The van der Waals surface area contributed by atoms with Gasteiger partial charge in [-0.15, -0.1) is 0 Å². The summed E-state index contributed by atoms with van der Waals surface area (Å²) in [5, 5.41) is 5.39. The zero-order valence-electron chi connectivity index (χ0n) is 16.5. The molecule has 5 nitrogen and oxygen atoms in total. The van der Waals surface area contributed by atoms with Gasteiger partial charge in [-0.3, -0.25) is 9.48 Å². The number of hydrogen-bond acceptors (Lipinski definition) is 3. The van der Waals surface area contributed by atoms with Crippen LogP contribution >= 0.6 is 0 Å². The first kappa shape index (κ1) is 17.7. The minimum atomic E-state index is 0.0961. The molecule has 0 spiro atoms. The van der Waals surface area contributed by atoms with Gasteiger partial charge in [0.15, 0.2) is 5.65 Å². The lowest BCUT2D eigenvalue weighted by atomic mass is 9.97. The quantitative estimate of drug-likeness (QED) is 0.689. The van der Waals surface area contributed by atoms with Crippen molar-refractivity contribution in [1.29, 1.82) is 0 Å². The van der Waals surface area contributed by atoms with Crippen LogP contribution in [0.25, 0.3) is 22.3 Å². The van der Waals surface area contributed by atoms with Crippen LogP contribution in [0.1, 0.15) is 41.4 Å². The molecular weight excluding hydrogens is 336 g/mol. The summed E-state index contributed by atoms with van der Waals surface area (Å²) in [6.07, 6.45) is 2.13. The van der Waals surface area contributed by atoms with Gasteiger partial charge in [0.2, 0.25) is 0 Å². The van der Waals surface area contributed by atoms with E-state index < -0.39 is 0 Å². The minimum absolute atomic E-state index is 0.0961. The maximum absolute atomic E-state index is 13.4. The molecule has 0 aliphatic carbocycles. The third-order valence-electron chi connectivity index (χ3n) is 5.62. The Hall–Kier alpha value is -2.69. The molecule has 3 aromatic rings. The number of aromatic nitrogens is 3. The van der Waals surface area contributed by atoms with Gasteiger partial charge < -0.3 is 4.90 Å². The number of likely N-dealkylation sites (tertiary alicyclic amines) is 1. The highest BCUT2D eigenvalue weighted by atomic mass is 16.2. The molecular formula is C22H26N4O. The Labute approximate surface area is 160 Å². The highest BCUT2D eigenvalue weighted by Crippen LogP contribution is 2.29. The maximum Gasteiger partial charge on any atom is 0.254 e. The van der Waals surface area contributed by atoms with Crippen molar-refractivity contribution in [1.82, 2.24) is 19.7 Å². The van der Waals surface area contributed by atoms with Gasteiger partial charge in [0.05, 0.1) is 22.3 Å². The summed E-state index contributed by atoms with van der Waals surface area (Å²) in [5.74, 6) is 0.786. The Kier molecular flexibility index (Phi) is 4.46. The first-order valence-corrected chi connectivity index (χ1v) is 9.64. The molecule has 1 saturated heterocycles. The molecule has 0 saturated carbocycles. The molecule has 3 heterocycles. The lowest BCUT2D eigenvalue weighted by Gasteiger charge is -2.30. The SMILES string of the molecule is Cc1ccc(-c2cc(C(=O)N3CCC(C)CC3)c3c(C)nn(C)c3n2)cc1. The third-order valence-corrected chi connectivity index (χ3v) is 5.62. The predicted molar refractivity (Wildman–Crippen MR) is 108 cm³/mol. The zero-order valence-corrected chi connectivity index (χ0v) is 16.5. The second-order valence-corrected chi connectivity index (χ2v) is 7.80. The van der Waals surface area contributed by atoms with Crippen molar-refractivity contribution >= 4 is 16.9 Å². The smallest absolute Gasteiger partial charge is 0.254 e. The zero-order chi connectivity index (χ0) is 19.1. The fourth-order valence-electron chi connectivity index (χ4n) is 3.87. The largest absolute Gasteiger partial charge is 0.339 e. The van der Waals surface area contributed by atoms with E-state index in [1.54, 1.807) is 4.68 Å². The number of amides is 1. The second kappa shape index (κ2) is 6.80. The van der Waals surface area contributed by atoms with E-state index in [0.717, 1.165) is 59.5 Å². The Morgan fingerprint density at radius 2 is 1.78 bits per heavy atom. The van der Waals surface area contributed by atoms with Crippen LogP contribution in [0, 0.1) is 19.8 Å². The summed E-state index contributed by atoms with van der Waals surface area (Å²) < 4.78 is 1.78. The van der Waals surface area contributed by atoms with Crippen molar-refractivity contribution in [3.63, 3.8) is 0 Å². The Morgan fingerprint density at radius 1 is 1.11 bits per heavy atom. The van der Waals surface area contributed by atoms with Crippen molar-refractivity contribution in [2.45, 2.75) is 33.6 Å². The normalized spacial score (nSPS) is 15.5. The number of aryl methyl sites for hydroxylation is 3. The summed E-state index contributed by atoms with van der Waals surface area (Å²) in [4.78, 5) is 20.2. The fourth-order valence-corrected chi connectivity index (χ4v) is 3.87. The van der Waals surface area contributed by atoms with Gasteiger partial charge in [0.25, 0.3) is 5.91 Å². The summed E-state index contributed by atoms with van der Waals surface area (Å²) in [6, 6.07) is 10.2. The number of pyridine rings is 1. The summed E-state index contributed by atoms with van der Waals surface area (Å²) in [7, 11) is 1.89. The fraction of sp³-hybridized carbons (Fsp3) is 0.409. The summed E-state index contributed by atoms with van der Waals surface area (Å²) >= 11 is 0. The Morgan fingerprint density at radius 3 is 2.44 bits per heavy atom. The van der Waals surface area contributed by atoms with E-state index in [4.69, 9.17) is 4.98 Å². The number of carbonyl (C=O) groups excluding carboxylic acids is 1. The van der Waals surface area contributed by atoms with Crippen LogP contribution in [0.3, 0.4) is 0 Å². The molecule has 1 fully saturated rings. The molecule has 4 rings (SSSR count). The van der Waals surface area contributed by atoms with Crippen LogP contribution < -0.4 is 0 Å². The van der Waals surface area contributed by atoms with Gasteiger partial charge in [-0.2, -0.15) is 5.10 Å². The third kappa shape index (κ3) is 3.22. The predicted octanol–water partition coefficient (Wildman–Crippen LogP) is 4.12. The molecule has 0 atom stereocenters. The van der Waals surface area contributed by atoms with Gasteiger partial charge in [-0.05, 0) is 38.7 Å². The average Bonchev–Trinajstić information content (AvgIpc) is 2.96. The van der Waals surface area contributed by atoms with Gasteiger partial charge in [-0.1, -0.05) is 36.8 Å². The molecule has 5 heteroatoms. The first-order chi connectivity index (χ1) is 12.9. The Bertz CT molecular complexity index is 995. The molecule has 0 radical (unpaired) electrons.